The van der Waals surface area contributed by atoms with Crippen LogP contribution in [0.4, 0.5) is 0 Å². The first-order valence-electron chi connectivity index (χ1n) is 9.45. The van der Waals surface area contributed by atoms with Gasteiger partial charge in [-0.2, -0.15) is 0 Å². The number of thioether (sulfide) groups is 1. The molecule has 0 bridgehead atoms. The van der Waals surface area contributed by atoms with Crippen molar-refractivity contribution in [2.45, 2.75) is 18.2 Å². The van der Waals surface area contributed by atoms with Gasteiger partial charge in [-0.05, 0) is 36.9 Å². The summed E-state index contributed by atoms with van der Waals surface area (Å²) in [6.45, 7) is 2.42. The monoisotopic (exact) mass is 412 g/mol. The average Bonchev–Trinajstić information content (AvgIpc) is 3.33. The number of rotatable bonds is 9. The molecule has 4 rings (SSSR count). The highest BCUT2D eigenvalue weighted by molar-refractivity contribution is 7.99. The maximum absolute atomic E-state index is 5.73. The van der Waals surface area contributed by atoms with E-state index in [-0.39, 0.29) is 0 Å². The molecule has 1 aliphatic rings. The third kappa shape index (κ3) is 5.02. The summed E-state index contributed by atoms with van der Waals surface area (Å²) in [5.41, 5.74) is 1.17. The lowest BCUT2D eigenvalue weighted by atomic mass is 10.2. The Bertz CT molecular complexity index is 948. The van der Waals surface area contributed by atoms with Crippen molar-refractivity contribution in [1.82, 2.24) is 19.7 Å². The summed E-state index contributed by atoms with van der Waals surface area (Å²) in [4.78, 5) is 2.20. The first kappa shape index (κ1) is 19.6. The predicted octanol–water partition coefficient (Wildman–Crippen LogP) is 3.35. The summed E-state index contributed by atoms with van der Waals surface area (Å²) in [5.74, 6) is 4.25. The number of benzene rings is 2. The van der Waals surface area contributed by atoms with Gasteiger partial charge in [-0.15, -0.1) is 10.2 Å². The number of hydrogen-bond acceptors (Lipinski definition) is 7. The fraction of sp³-hybridized carbons (Fsp3) is 0.333. The van der Waals surface area contributed by atoms with Crippen LogP contribution >= 0.6 is 11.8 Å². The lowest BCUT2D eigenvalue weighted by Gasteiger charge is -2.16. The summed E-state index contributed by atoms with van der Waals surface area (Å²) >= 11 is 1.65. The first-order valence-corrected chi connectivity index (χ1v) is 10.4. The van der Waals surface area contributed by atoms with Crippen LogP contribution < -0.4 is 14.2 Å². The number of ether oxygens (including phenoxy) is 3. The molecular weight excluding hydrogens is 388 g/mol. The molecule has 0 aliphatic carbocycles. The molecule has 0 spiro atoms. The predicted molar refractivity (Wildman–Crippen MR) is 111 cm³/mol. The summed E-state index contributed by atoms with van der Waals surface area (Å²) < 4.78 is 18.6. The standard InChI is InChI=1S/C21H24N4O3S/c1-24(13-16-8-9-18-19(12-16)28-15-27-18)14-20-22-23-21(25(20)2)29-11-10-26-17-6-4-3-5-7-17/h3-9,12H,10-11,13-15H2,1-2H3. The second-order valence-corrected chi connectivity index (χ2v) is 7.89. The van der Waals surface area contributed by atoms with Crippen molar-refractivity contribution < 1.29 is 14.2 Å². The van der Waals surface area contributed by atoms with Crippen LogP contribution in [0.5, 0.6) is 17.2 Å². The number of nitrogens with zero attached hydrogens (tertiary/aromatic N) is 4. The highest BCUT2D eigenvalue weighted by Gasteiger charge is 2.15. The van der Waals surface area contributed by atoms with Gasteiger partial charge in [0.2, 0.25) is 6.79 Å². The Morgan fingerprint density at radius 1 is 1.07 bits per heavy atom. The third-order valence-corrected chi connectivity index (χ3v) is 5.54. The van der Waals surface area contributed by atoms with Crippen LogP contribution in [0.15, 0.2) is 53.7 Å². The molecule has 29 heavy (non-hydrogen) atoms. The van der Waals surface area contributed by atoms with Crippen LogP contribution in [0.25, 0.3) is 0 Å². The van der Waals surface area contributed by atoms with Crippen molar-refractivity contribution in [2.24, 2.45) is 7.05 Å². The van der Waals surface area contributed by atoms with Crippen molar-refractivity contribution >= 4 is 11.8 Å². The van der Waals surface area contributed by atoms with Crippen molar-refractivity contribution in [1.29, 1.82) is 0 Å². The summed E-state index contributed by atoms with van der Waals surface area (Å²) in [6, 6.07) is 15.9. The Balaban J connectivity index is 1.26. The van der Waals surface area contributed by atoms with Crippen molar-refractivity contribution in [2.75, 3.05) is 26.2 Å². The number of aromatic nitrogens is 3. The fourth-order valence-electron chi connectivity index (χ4n) is 3.07. The van der Waals surface area contributed by atoms with E-state index in [2.05, 4.69) is 28.2 Å². The van der Waals surface area contributed by atoms with Crippen molar-refractivity contribution in [3.8, 4) is 17.2 Å². The van der Waals surface area contributed by atoms with Gasteiger partial charge in [-0.25, -0.2) is 0 Å². The highest BCUT2D eigenvalue weighted by atomic mass is 32.2. The Labute approximate surface area is 174 Å². The van der Waals surface area contributed by atoms with E-state index in [0.29, 0.717) is 19.9 Å². The van der Waals surface area contributed by atoms with E-state index < -0.39 is 0 Å². The molecule has 2 aromatic carbocycles. The van der Waals surface area contributed by atoms with Crippen molar-refractivity contribution in [3.05, 3.63) is 59.9 Å². The van der Waals surface area contributed by atoms with E-state index in [1.54, 1.807) is 11.8 Å². The minimum atomic E-state index is 0.296. The maximum atomic E-state index is 5.73. The van der Waals surface area contributed by atoms with Gasteiger partial charge >= 0.3 is 0 Å². The SMILES string of the molecule is CN(Cc1ccc2c(c1)OCO2)Cc1nnc(SCCOc2ccccc2)n1C. The lowest BCUT2D eigenvalue weighted by Crippen LogP contribution is -2.19. The average molecular weight is 413 g/mol. The summed E-state index contributed by atoms with van der Waals surface area (Å²) in [5, 5.41) is 9.58. The summed E-state index contributed by atoms with van der Waals surface area (Å²) in [7, 11) is 4.07. The molecule has 0 N–H and O–H groups in total. The number of para-hydroxylation sites is 1. The van der Waals surface area contributed by atoms with Crippen LogP contribution in [0.3, 0.4) is 0 Å². The molecule has 3 aromatic rings. The molecular formula is C21H24N4O3S. The van der Waals surface area contributed by atoms with E-state index in [9.17, 15) is 0 Å². The molecule has 0 radical (unpaired) electrons. The first-order chi connectivity index (χ1) is 14.2. The molecule has 0 saturated carbocycles. The molecule has 0 fully saturated rings. The van der Waals surface area contributed by atoms with Crippen molar-refractivity contribution in [3.63, 3.8) is 0 Å². The van der Waals surface area contributed by atoms with E-state index in [4.69, 9.17) is 14.2 Å². The van der Waals surface area contributed by atoms with Crippen LogP contribution in [-0.2, 0) is 20.1 Å². The molecule has 0 unspecified atom stereocenters. The van der Waals surface area contributed by atoms with Gasteiger partial charge in [-0.1, -0.05) is 36.0 Å². The van der Waals surface area contributed by atoms with Gasteiger partial charge in [0.15, 0.2) is 16.7 Å². The van der Waals surface area contributed by atoms with Gasteiger partial charge in [0.25, 0.3) is 0 Å². The molecule has 0 amide bonds. The second-order valence-electron chi connectivity index (χ2n) is 6.83. The smallest absolute Gasteiger partial charge is 0.231 e. The largest absolute Gasteiger partial charge is 0.493 e. The molecule has 0 saturated heterocycles. The number of fused-ring (bicyclic) bond motifs is 1. The molecule has 2 heterocycles. The molecule has 8 heteroatoms. The lowest BCUT2D eigenvalue weighted by molar-refractivity contribution is 0.174. The quantitative estimate of drug-likeness (QED) is 0.394. The Morgan fingerprint density at radius 3 is 2.76 bits per heavy atom. The van der Waals surface area contributed by atoms with E-state index in [1.807, 2.05) is 54.1 Å². The zero-order valence-electron chi connectivity index (χ0n) is 16.6. The minimum Gasteiger partial charge on any atom is -0.493 e. The second kappa shape index (κ2) is 9.19. The van der Waals surface area contributed by atoms with Gasteiger partial charge < -0.3 is 18.8 Å². The van der Waals surface area contributed by atoms with E-state index in [0.717, 1.165) is 40.5 Å². The normalized spacial score (nSPS) is 12.5. The Kier molecular flexibility index (Phi) is 6.21. The van der Waals surface area contributed by atoms with Crippen LogP contribution in [0.1, 0.15) is 11.4 Å². The molecule has 7 nitrogen and oxygen atoms in total. The van der Waals surface area contributed by atoms with Gasteiger partial charge in [0.1, 0.15) is 11.6 Å². The zero-order valence-corrected chi connectivity index (χ0v) is 17.4. The van der Waals surface area contributed by atoms with Gasteiger partial charge in [0, 0.05) is 19.3 Å². The van der Waals surface area contributed by atoms with E-state index >= 15 is 0 Å². The number of hydrogen-bond donors (Lipinski definition) is 0. The Hall–Kier alpha value is -2.71. The fourth-order valence-corrected chi connectivity index (χ4v) is 3.81. The molecule has 152 valence electrons. The molecule has 1 aromatic heterocycles. The topological polar surface area (TPSA) is 61.6 Å². The van der Waals surface area contributed by atoms with E-state index in [1.165, 1.54) is 5.56 Å². The Morgan fingerprint density at radius 2 is 1.90 bits per heavy atom. The van der Waals surface area contributed by atoms with Gasteiger partial charge in [-0.3, -0.25) is 4.90 Å². The zero-order chi connectivity index (χ0) is 20.1. The van der Waals surface area contributed by atoms with Crippen LogP contribution in [-0.4, -0.2) is 45.9 Å². The molecule has 1 aliphatic heterocycles. The summed E-state index contributed by atoms with van der Waals surface area (Å²) in [6.07, 6.45) is 0. The maximum Gasteiger partial charge on any atom is 0.231 e. The molecule has 0 atom stereocenters. The highest BCUT2D eigenvalue weighted by Crippen LogP contribution is 2.32. The van der Waals surface area contributed by atoms with Crippen LogP contribution in [0.2, 0.25) is 0 Å². The minimum absolute atomic E-state index is 0.296. The van der Waals surface area contributed by atoms with Crippen LogP contribution in [0, 0.1) is 0 Å². The third-order valence-electron chi connectivity index (χ3n) is 4.55. The van der Waals surface area contributed by atoms with Gasteiger partial charge in [0.05, 0.1) is 13.2 Å².